The summed E-state index contributed by atoms with van der Waals surface area (Å²) in [5.74, 6) is -0.830. The summed E-state index contributed by atoms with van der Waals surface area (Å²) in [7, 11) is 0. The number of carbonyl (C=O) groups is 1. The van der Waals surface area contributed by atoms with Crippen LogP contribution in [0, 0.1) is 25.1 Å². The lowest BCUT2D eigenvalue weighted by Crippen LogP contribution is -2.34. The third-order valence-electron chi connectivity index (χ3n) is 3.96. The number of aryl methyl sites for hydroxylation is 2. The molecule has 1 aromatic heterocycles. The third-order valence-corrected chi connectivity index (χ3v) is 3.96. The smallest absolute Gasteiger partial charge is 0.251 e. The highest BCUT2D eigenvalue weighted by molar-refractivity contribution is 5.94. The van der Waals surface area contributed by atoms with Gasteiger partial charge in [0.25, 0.3) is 5.91 Å². The summed E-state index contributed by atoms with van der Waals surface area (Å²) >= 11 is 0. The zero-order valence-electron chi connectivity index (χ0n) is 14.6. The Kier molecular flexibility index (Phi) is 5.39. The molecule has 24 heavy (non-hydrogen) atoms. The Labute approximate surface area is 141 Å². The first-order valence-corrected chi connectivity index (χ1v) is 7.96. The molecule has 130 valence electrons. The Balaban J connectivity index is 2.14. The number of nitrogens with zero attached hydrogens (tertiary/aromatic N) is 2. The van der Waals surface area contributed by atoms with Crippen molar-refractivity contribution >= 4 is 5.91 Å². The highest BCUT2D eigenvalue weighted by Crippen LogP contribution is 2.20. The maximum Gasteiger partial charge on any atom is 0.251 e. The molecule has 0 bridgehead atoms. The highest BCUT2D eigenvalue weighted by atomic mass is 19.1. The van der Waals surface area contributed by atoms with Crippen molar-refractivity contribution in [1.29, 1.82) is 0 Å². The number of benzene rings is 1. The lowest BCUT2D eigenvalue weighted by Gasteiger charge is -2.23. The molecular formula is C18H24FN3O2. The van der Waals surface area contributed by atoms with Gasteiger partial charge in [0.15, 0.2) is 0 Å². The topological polar surface area (TPSA) is 67.2 Å². The summed E-state index contributed by atoms with van der Waals surface area (Å²) in [6.45, 7) is 8.08. The SMILES string of the molecule is Cc1cc(C)n(-c2ccc(C(=O)NCC(C)(C)CCO)cc2F)n1. The Morgan fingerprint density at radius 3 is 2.58 bits per heavy atom. The van der Waals surface area contributed by atoms with Crippen LogP contribution in [0.25, 0.3) is 5.69 Å². The first kappa shape index (κ1) is 18.1. The van der Waals surface area contributed by atoms with Crippen LogP contribution in [0.15, 0.2) is 24.3 Å². The maximum atomic E-state index is 14.4. The Morgan fingerprint density at radius 2 is 2.04 bits per heavy atom. The molecule has 0 spiro atoms. The predicted molar refractivity (Wildman–Crippen MR) is 90.8 cm³/mol. The molecule has 0 radical (unpaired) electrons. The van der Waals surface area contributed by atoms with E-state index in [1.807, 2.05) is 33.8 Å². The summed E-state index contributed by atoms with van der Waals surface area (Å²) in [6, 6.07) is 6.23. The molecular weight excluding hydrogens is 309 g/mol. The number of carbonyl (C=O) groups excluding carboxylic acids is 1. The van der Waals surface area contributed by atoms with Gasteiger partial charge in [0.05, 0.1) is 5.69 Å². The molecule has 0 unspecified atom stereocenters. The second-order valence-electron chi connectivity index (χ2n) is 6.83. The van der Waals surface area contributed by atoms with Gasteiger partial charge in [-0.05, 0) is 49.9 Å². The second kappa shape index (κ2) is 7.13. The molecule has 1 aromatic carbocycles. The second-order valence-corrected chi connectivity index (χ2v) is 6.83. The van der Waals surface area contributed by atoms with Crippen molar-refractivity contribution < 1.29 is 14.3 Å². The fourth-order valence-electron chi connectivity index (χ4n) is 2.51. The van der Waals surface area contributed by atoms with Gasteiger partial charge in [-0.2, -0.15) is 5.10 Å². The van der Waals surface area contributed by atoms with Crippen LogP contribution in [0.4, 0.5) is 4.39 Å². The van der Waals surface area contributed by atoms with E-state index in [2.05, 4.69) is 10.4 Å². The number of rotatable bonds is 6. The van der Waals surface area contributed by atoms with E-state index in [1.165, 1.54) is 10.7 Å². The molecule has 0 saturated heterocycles. The first-order chi connectivity index (χ1) is 11.2. The Morgan fingerprint density at radius 1 is 1.33 bits per heavy atom. The van der Waals surface area contributed by atoms with E-state index in [0.29, 0.717) is 18.7 Å². The zero-order valence-corrected chi connectivity index (χ0v) is 14.6. The molecule has 0 aliphatic rings. The molecule has 0 saturated carbocycles. The van der Waals surface area contributed by atoms with Crippen LogP contribution in [-0.2, 0) is 0 Å². The van der Waals surface area contributed by atoms with Crippen LogP contribution in [0.5, 0.6) is 0 Å². The van der Waals surface area contributed by atoms with Crippen molar-refractivity contribution in [3.8, 4) is 5.69 Å². The normalized spacial score (nSPS) is 11.6. The van der Waals surface area contributed by atoms with Gasteiger partial charge in [-0.25, -0.2) is 9.07 Å². The summed E-state index contributed by atoms with van der Waals surface area (Å²) in [6.07, 6.45) is 0.582. The van der Waals surface area contributed by atoms with E-state index in [4.69, 9.17) is 5.11 Å². The van der Waals surface area contributed by atoms with E-state index >= 15 is 0 Å². The molecule has 5 nitrogen and oxygen atoms in total. The summed E-state index contributed by atoms with van der Waals surface area (Å²) in [5, 5.41) is 16.1. The van der Waals surface area contributed by atoms with Crippen LogP contribution >= 0.6 is 0 Å². The van der Waals surface area contributed by atoms with Crippen molar-refractivity contribution in [2.45, 2.75) is 34.1 Å². The maximum absolute atomic E-state index is 14.4. The van der Waals surface area contributed by atoms with Crippen molar-refractivity contribution in [3.63, 3.8) is 0 Å². The molecule has 2 N–H and O–H groups in total. The van der Waals surface area contributed by atoms with Crippen molar-refractivity contribution in [2.24, 2.45) is 5.41 Å². The zero-order chi connectivity index (χ0) is 17.9. The van der Waals surface area contributed by atoms with E-state index in [1.54, 1.807) is 12.1 Å². The van der Waals surface area contributed by atoms with E-state index in [-0.39, 0.29) is 23.5 Å². The van der Waals surface area contributed by atoms with Crippen LogP contribution in [-0.4, -0.2) is 33.9 Å². The summed E-state index contributed by atoms with van der Waals surface area (Å²) in [4.78, 5) is 12.2. The Bertz CT molecular complexity index is 738. The minimum Gasteiger partial charge on any atom is -0.396 e. The quantitative estimate of drug-likeness (QED) is 0.854. The number of amides is 1. The van der Waals surface area contributed by atoms with E-state index in [0.717, 1.165) is 11.4 Å². The Hall–Kier alpha value is -2.21. The number of aromatic nitrogens is 2. The number of nitrogens with one attached hydrogen (secondary N) is 1. The number of aliphatic hydroxyl groups is 1. The molecule has 1 heterocycles. The largest absolute Gasteiger partial charge is 0.396 e. The molecule has 2 aromatic rings. The van der Waals surface area contributed by atoms with Gasteiger partial charge in [-0.15, -0.1) is 0 Å². The van der Waals surface area contributed by atoms with Crippen LogP contribution in [0.1, 0.15) is 42.0 Å². The molecule has 2 rings (SSSR count). The molecule has 0 aliphatic carbocycles. The van der Waals surface area contributed by atoms with Gasteiger partial charge in [0.2, 0.25) is 0 Å². The fraction of sp³-hybridized carbons (Fsp3) is 0.444. The van der Waals surface area contributed by atoms with Crippen LogP contribution in [0.2, 0.25) is 0 Å². The van der Waals surface area contributed by atoms with E-state index < -0.39 is 5.82 Å². The van der Waals surface area contributed by atoms with Gasteiger partial charge >= 0.3 is 0 Å². The molecule has 6 heteroatoms. The van der Waals surface area contributed by atoms with Gasteiger partial charge < -0.3 is 10.4 Å². The minimum absolute atomic E-state index is 0.0643. The minimum atomic E-state index is -0.497. The average molecular weight is 333 g/mol. The molecule has 0 atom stereocenters. The van der Waals surface area contributed by atoms with Gasteiger partial charge in [0.1, 0.15) is 11.5 Å². The standard InChI is InChI=1S/C18H24FN3O2/c1-12-9-13(2)22(21-12)16-6-5-14(10-15(16)19)17(24)20-11-18(3,4)7-8-23/h5-6,9-10,23H,7-8,11H2,1-4H3,(H,20,24). The lowest BCUT2D eigenvalue weighted by molar-refractivity contribution is 0.0927. The molecule has 1 amide bonds. The number of halogens is 1. The first-order valence-electron chi connectivity index (χ1n) is 7.96. The summed E-state index contributed by atoms with van der Waals surface area (Å²) < 4.78 is 15.9. The van der Waals surface area contributed by atoms with Crippen molar-refractivity contribution in [1.82, 2.24) is 15.1 Å². The highest BCUT2D eigenvalue weighted by Gasteiger charge is 2.19. The van der Waals surface area contributed by atoms with Gasteiger partial charge in [-0.1, -0.05) is 13.8 Å². The number of hydrogen-bond acceptors (Lipinski definition) is 3. The molecule has 0 aliphatic heterocycles. The molecule has 0 fully saturated rings. The lowest BCUT2D eigenvalue weighted by atomic mass is 9.89. The van der Waals surface area contributed by atoms with Crippen molar-refractivity contribution in [3.05, 3.63) is 47.0 Å². The summed E-state index contributed by atoms with van der Waals surface area (Å²) in [5.41, 5.74) is 2.00. The van der Waals surface area contributed by atoms with E-state index in [9.17, 15) is 9.18 Å². The van der Waals surface area contributed by atoms with Gasteiger partial charge in [0, 0.05) is 24.4 Å². The van der Waals surface area contributed by atoms with Crippen LogP contribution < -0.4 is 5.32 Å². The number of hydrogen-bond donors (Lipinski definition) is 2. The number of aliphatic hydroxyl groups excluding tert-OH is 1. The van der Waals surface area contributed by atoms with Crippen molar-refractivity contribution in [2.75, 3.05) is 13.2 Å². The van der Waals surface area contributed by atoms with Crippen LogP contribution in [0.3, 0.4) is 0 Å². The monoisotopic (exact) mass is 333 g/mol. The third kappa shape index (κ3) is 4.20. The predicted octanol–water partition coefficient (Wildman–Crippen LogP) is 2.77. The fourth-order valence-corrected chi connectivity index (χ4v) is 2.51. The average Bonchev–Trinajstić information content (AvgIpc) is 2.83. The van der Waals surface area contributed by atoms with Gasteiger partial charge in [-0.3, -0.25) is 4.79 Å².